The quantitative estimate of drug-likeness (QED) is 0.536. The molecule has 7 nitrogen and oxygen atoms in total. The molecule has 2 N–H and O–H groups in total. The van der Waals surface area contributed by atoms with Crippen LogP contribution in [0.1, 0.15) is 0 Å². The number of hydrogen-bond acceptors (Lipinski definition) is 6. The molecule has 24 heavy (non-hydrogen) atoms. The SMILES string of the molecule is COc1cc(O)c(Sc2c[nH]c3ccc([N+](=O)[O-])cc23)c(OC)c1. The fraction of sp³-hybridized carbons (Fsp3) is 0.125. The van der Waals surface area contributed by atoms with Crippen LogP contribution in [-0.4, -0.2) is 29.2 Å². The maximum atomic E-state index is 11.0. The number of aromatic nitrogens is 1. The second-order valence-electron chi connectivity index (χ2n) is 4.92. The number of non-ortho nitro benzene ring substituents is 1. The number of nitrogens with one attached hydrogen (secondary N) is 1. The van der Waals surface area contributed by atoms with Crippen LogP contribution in [0.15, 0.2) is 46.3 Å². The molecule has 0 saturated carbocycles. The van der Waals surface area contributed by atoms with Crippen LogP contribution >= 0.6 is 11.8 Å². The molecule has 124 valence electrons. The Morgan fingerprint density at radius 2 is 2.00 bits per heavy atom. The number of benzene rings is 2. The highest BCUT2D eigenvalue weighted by molar-refractivity contribution is 7.99. The number of nitro benzene ring substituents is 1. The maximum absolute atomic E-state index is 11.0. The van der Waals surface area contributed by atoms with E-state index < -0.39 is 4.92 Å². The zero-order valence-corrected chi connectivity index (χ0v) is 13.7. The zero-order valence-electron chi connectivity index (χ0n) is 12.9. The van der Waals surface area contributed by atoms with Crippen LogP contribution in [0.2, 0.25) is 0 Å². The molecule has 0 saturated heterocycles. The predicted octanol–water partition coefficient (Wildman–Crippen LogP) is 3.95. The minimum Gasteiger partial charge on any atom is -0.506 e. The van der Waals surface area contributed by atoms with Gasteiger partial charge in [0.1, 0.15) is 17.2 Å². The normalized spacial score (nSPS) is 10.8. The standard InChI is InChI=1S/C16H14N2O5S/c1-22-10-6-13(19)16(14(7-10)23-2)24-15-8-17-12-4-3-9(18(20)21)5-11(12)15/h3-8,17,19H,1-2H3. The van der Waals surface area contributed by atoms with Gasteiger partial charge in [-0.05, 0) is 6.07 Å². The third kappa shape index (κ3) is 2.83. The minimum atomic E-state index is -0.438. The highest BCUT2D eigenvalue weighted by atomic mass is 32.2. The van der Waals surface area contributed by atoms with Gasteiger partial charge in [-0.2, -0.15) is 0 Å². The summed E-state index contributed by atoms with van der Waals surface area (Å²) in [4.78, 5) is 14.8. The van der Waals surface area contributed by atoms with E-state index in [1.807, 2.05) is 0 Å². The van der Waals surface area contributed by atoms with Gasteiger partial charge in [0.2, 0.25) is 0 Å². The van der Waals surface area contributed by atoms with E-state index in [2.05, 4.69) is 4.98 Å². The van der Waals surface area contributed by atoms with Gasteiger partial charge in [-0.25, -0.2) is 0 Å². The van der Waals surface area contributed by atoms with Gasteiger partial charge in [0.15, 0.2) is 0 Å². The number of aromatic amines is 1. The summed E-state index contributed by atoms with van der Waals surface area (Å²) in [5, 5.41) is 21.9. The van der Waals surface area contributed by atoms with Gasteiger partial charge in [0, 0.05) is 46.3 Å². The Bertz CT molecular complexity index is 922. The van der Waals surface area contributed by atoms with Crippen LogP contribution < -0.4 is 9.47 Å². The summed E-state index contributed by atoms with van der Waals surface area (Å²) >= 11 is 1.26. The molecule has 1 aromatic heterocycles. The summed E-state index contributed by atoms with van der Waals surface area (Å²) in [6, 6.07) is 7.75. The zero-order chi connectivity index (χ0) is 17.3. The highest BCUT2D eigenvalue weighted by Gasteiger charge is 2.17. The Balaban J connectivity index is 2.07. The number of phenolic OH excluding ortho intramolecular Hbond substituents is 1. The lowest BCUT2D eigenvalue weighted by Gasteiger charge is -2.11. The lowest BCUT2D eigenvalue weighted by atomic mass is 10.2. The molecule has 0 bridgehead atoms. The van der Waals surface area contributed by atoms with E-state index in [-0.39, 0.29) is 11.4 Å². The van der Waals surface area contributed by atoms with Crippen molar-refractivity contribution in [3.63, 3.8) is 0 Å². The predicted molar refractivity (Wildman–Crippen MR) is 90.3 cm³/mol. The summed E-state index contributed by atoms with van der Waals surface area (Å²) in [5.74, 6) is 0.941. The van der Waals surface area contributed by atoms with Crippen LogP contribution in [0, 0.1) is 10.1 Å². The van der Waals surface area contributed by atoms with E-state index in [0.29, 0.717) is 21.8 Å². The molecular weight excluding hydrogens is 332 g/mol. The Morgan fingerprint density at radius 3 is 2.67 bits per heavy atom. The number of methoxy groups -OCH3 is 2. The van der Waals surface area contributed by atoms with Crippen molar-refractivity contribution in [3.05, 3.63) is 46.6 Å². The van der Waals surface area contributed by atoms with Gasteiger partial charge in [-0.3, -0.25) is 10.1 Å². The van der Waals surface area contributed by atoms with Crippen molar-refractivity contribution in [3.8, 4) is 17.2 Å². The molecule has 3 rings (SSSR count). The van der Waals surface area contributed by atoms with Gasteiger partial charge in [-0.15, -0.1) is 0 Å². The van der Waals surface area contributed by atoms with E-state index in [0.717, 1.165) is 10.4 Å². The van der Waals surface area contributed by atoms with Crippen molar-refractivity contribution in [2.75, 3.05) is 14.2 Å². The first kappa shape index (κ1) is 16.0. The molecule has 0 aliphatic heterocycles. The van der Waals surface area contributed by atoms with Crippen LogP contribution in [0.5, 0.6) is 17.2 Å². The molecule has 0 atom stereocenters. The first-order valence-corrected chi connectivity index (χ1v) is 7.73. The average Bonchev–Trinajstić information content (AvgIpc) is 2.98. The summed E-state index contributed by atoms with van der Waals surface area (Å²) in [5.41, 5.74) is 0.782. The number of rotatable bonds is 5. The first-order chi connectivity index (χ1) is 11.5. The lowest BCUT2D eigenvalue weighted by molar-refractivity contribution is -0.384. The first-order valence-electron chi connectivity index (χ1n) is 6.92. The summed E-state index contributed by atoms with van der Waals surface area (Å²) in [6.07, 6.45) is 1.74. The van der Waals surface area contributed by atoms with Crippen molar-refractivity contribution in [1.82, 2.24) is 4.98 Å². The van der Waals surface area contributed by atoms with E-state index in [9.17, 15) is 15.2 Å². The third-order valence-electron chi connectivity index (χ3n) is 3.51. The third-order valence-corrected chi connectivity index (χ3v) is 4.69. The van der Waals surface area contributed by atoms with E-state index in [4.69, 9.17) is 9.47 Å². The Hall–Kier alpha value is -2.87. The smallest absolute Gasteiger partial charge is 0.270 e. The van der Waals surface area contributed by atoms with E-state index >= 15 is 0 Å². The van der Waals surface area contributed by atoms with Gasteiger partial charge in [-0.1, -0.05) is 11.8 Å². The van der Waals surface area contributed by atoms with Crippen molar-refractivity contribution in [2.45, 2.75) is 9.79 Å². The van der Waals surface area contributed by atoms with E-state index in [1.54, 1.807) is 18.3 Å². The molecule has 0 aliphatic rings. The second kappa shape index (κ2) is 6.32. The van der Waals surface area contributed by atoms with Crippen molar-refractivity contribution < 1.29 is 19.5 Å². The van der Waals surface area contributed by atoms with Gasteiger partial charge in [0.25, 0.3) is 5.69 Å². The fourth-order valence-electron chi connectivity index (χ4n) is 2.33. The number of phenols is 1. The molecular formula is C16H14N2O5S. The molecule has 0 radical (unpaired) electrons. The lowest BCUT2D eigenvalue weighted by Crippen LogP contribution is -1.90. The highest BCUT2D eigenvalue weighted by Crippen LogP contribution is 2.45. The Kier molecular flexibility index (Phi) is 4.22. The molecule has 1 heterocycles. The largest absolute Gasteiger partial charge is 0.506 e. The van der Waals surface area contributed by atoms with Crippen molar-refractivity contribution >= 4 is 28.4 Å². The molecule has 2 aromatic carbocycles. The van der Waals surface area contributed by atoms with Crippen LogP contribution in [-0.2, 0) is 0 Å². The minimum absolute atomic E-state index is 0.00914. The Morgan fingerprint density at radius 1 is 1.21 bits per heavy atom. The fourth-order valence-corrected chi connectivity index (χ4v) is 3.35. The number of H-pyrrole nitrogens is 1. The molecule has 3 aromatic rings. The average molecular weight is 346 g/mol. The summed E-state index contributed by atoms with van der Waals surface area (Å²) in [7, 11) is 3.00. The molecule has 0 spiro atoms. The maximum Gasteiger partial charge on any atom is 0.270 e. The van der Waals surface area contributed by atoms with Crippen LogP contribution in [0.3, 0.4) is 0 Å². The van der Waals surface area contributed by atoms with Crippen molar-refractivity contribution in [2.24, 2.45) is 0 Å². The van der Waals surface area contributed by atoms with Gasteiger partial charge in [0.05, 0.1) is 24.0 Å². The number of hydrogen-bond donors (Lipinski definition) is 2. The monoisotopic (exact) mass is 346 g/mol. The molecule has 0 unspecified atom stereocenters. The van der Waals surface area contributed by atoms with Gasteiger partial charge < -0.3 is 19.6 Å². The van der Waals surface area contributed by atoms with E-state index in [1.165, 1.54) is 44.2 Å². The number of aromatic hydroxyl groups is 1. The molecule has 8 heteroatoms. The number of nitro groups is 1. The Labute approximate surface area is 141 Å². The van der Waals surface area contributed by atoms with Crippen LogP contribution in [0.25, 0.3) is 10.9 Å². The van der Waals surface area contributed by atoms with Crippen LogP contribution in [0.4, 0.5) is 5.69 Å². The number of fused-ring (bicyclic) bond motifs is 1. The molecule has 0 amide bonds. The summed E-state index contributed by atoms with van der Waals surface area (Å²) < 4.78 is 10.4. The number of ether oxygens (including phenoxy) is 2. The summed E-state index contributed by atoms with van der Waals surface area (Å²) in [6.45, 7) is 0. The topological polar surface area (TPSA) is 97.6 Å². The number of nitrogens with zero attached hydrogens (tertiary/aromatic N) is 1. The second-order valence-corrected chi connectivity index (χ2v) is 5.97. The van der Waals surface area contributed by atoms with Gasteiger partial charge >= 0.3 is 0 Å². The molecule has 0 aliphatic carbocycles. The molecule has 0 fully saturated rings. The van der Waals surface area contributed by atoms with Crippen molar-refractivity contribution in [1.29, 1.82) is 0 Å².